The molecule has 0 atom stereocenters. The van der Waals surface area contributed by atoms with Gasteiger partial charge in [0.05, 0.1) is 0 Å². The van der Waals surface area contributed by atoms with Crippen LogP contribution in [0, 0.1) is 40.4 Å². The molecule has 0 saturated heterocycles. The van der Waals surface area contributed by atoms with Crippen molar-refractivity contribution in [1.82, 2.24) is 0 Å². The van der Waals surface area contributed by atoms with Crippen molar-refractivity contribution < 1.29 is 167 Å². The van der Waals surface area contributed by atoms with Gasteiger partial charge in [0.15, 0.2) is 0 Å². The average Bonchev–Trinajstić information content (AvgIpc) is 0. The van der Waals surface area contributed by atoms with Gasteiger partial charge in [-0.1, -0.05) is 0 Å². The van der Waals surface area contributed by atoms with Gasteiger partial charge in [-0.2, -0.15) is 0 Å². The van der Waals surface area contributed by atoms with Crippen LogP contribution in [-0.4, -0.2) is 0 Å². The molecule has 0 rings (SSSR count). The van der Waals surface area contributed by atoms with E-state index in [4.69, 9.17) is 0 Å². The Morgan fingerprint density at radius 3 is 0.286 bits per heavy atom. The van der Waals surface area contributed by atoms with Gasteiger partial charge < -0.3 is 0 Å². The van der Waals surface area contributed by atoms with E-state index in [0.717, 1.165) is 0 Å². The molecule has 0 fully saturated rings. The van der Waals surface area contributed by atoms with E-state index in [2.05, 4.69) is 0 Å². The van der Waals surface area contributed by atoms with Gasteiger partial charge in [-0.3, -0.25) is 0 Å². The maximum Gasteiger partial charge on any atom is 0 e. The van der Waals surface area contributed by atoms with Gasteiger partial charge in [-0.05, 0) is 0 Å². The summed E-state index contributed by atoms with van der Waals surface area (Å²) in [7, 11) is 0. The van der Waals surface area contributed by atoms with Crippen molar-refractivity contribution in [3.8, 4) is 0 Å². The predicted molar refractivity (Wildman–Crippen MR) is 0 cm³/mol. The summed E-state index contributed by atoms with van der Waals surface area (Å²) in [4.78, 5) is 0. The van der Waals surface area contributed by atoms with Gasteiger partial charge in [-0.15, -0.1) is 0 Å². The first kappa shape index (κ1) is 54.8. The van der Waals surface area contributed by atoms with Crippen LogP contribution in [0.4, 0.5) is 0 Å². The zero-order valence-corrected chi connectivity index (χ0v) is 23.1. The van der Waals surface area contributed by atoms with Crippen LogP contribution in [0.25, 0.3) is 0 Å². The molecule has 0 heterocycles. The Morgan fingerprint density at radius 2 is 0.286 bits per heavy atom. The molecule has 0 aromatic carbocycles. The minimum Gasteiger partial charge on any atom is 0 e. The van der Waals surface area contributed by atoms with Crippen molar-refractivity contribution in [2.24, 2.45) is 0 Å². The maximum absolute atomic E-state index is 0. The van der Waals surface area contributed by atoms with Crippen LogP contribution in [0.3, 0.4) is 0 Å². The van der Waals surface area contributed by atoms with Crippen molar-refractivity contribution in [3.05, 3.63) is 0 Å². The molecule has 0 amide bonds. The molecule has 0 aliphatic heterocycles. The summed E-state index contributed by atoms with van der Waals surface area (Å²) < 4.78 is 0. The third-order valence-corrected chi connectivity index (χ3v) is 0. The zero-order valence-electron chi connectivity index (χ0n) is 2.86. The minimum atomic E-state index is 0. The summed E-state index contributed by atoms with van der Waals surface area (Å²) in [5, 5.41) is 0. The van der Waals surface area contributed by atoms with Crippen LogP contribution in [0.1, 0.15) is 0 Å². The van der Waals surface area contributed by atoms with E-state index >= 15 is 0 Å². The Balaban J connectivity index is 0. The van der Waals surface area contributed by atoms with E-state index < -0.39 is 0 Å². The summed E-state index contributed by atoms with van der Waals surface area (Å²) in [6.07, 6.45) is 0. The van der Waals surface area contributed by atoms with E-state index in [1.165, 1.54) is 0 Å². The minimum absolute atomic E-state index is 0. The maximum atomic E-state index is 0. The van der Waals surface area contributed by atoms with E-state index in [1.807, 2.05) is 0 Å². The number of hydrogen-bond donors (Lipinski definition) is 0. The summed E-state index contributed by atoms with van der Waals surface area (Å²) >= 11 is 0. The largest absolute Gasteiger partial charge is 0 e. The quantitative estimate of drug-likeness (QED) is 0.321. The Kier molecular flexibility index (Phi) is 329. The molecule has 0 N–H and O–H groups in total. The van der Waals surface area contributed by atoms with Crippen LogP contribution < -0.4 is 0 Å². The first-order valence-electron chi connectivity index (χ1n) is 0. The van der Waals surface area contributed by atoms with Gasteiger partial charge in [-0.25, -0.2) is 0 Å². The van der Waals surface area contributed by atoms with Crippen molar-refractivity contribution in [3.63, 3.8) is 0 Å². The molecular weight excluding hydrogens is 1250 g/mol. The smallest absolute Gasteiger partial charge is 0 e. The molecule has 0 aliphatic carbocycles. The molecule has 42 valence electrons. The van der Waals surface area contributed by atoms with Gasteiger partial charge in [0.1, 0.15) is 0 Å². The summed E-state index contributed by atoms with van der Waals surface area (Å²) in [5.74, 6) is 0. The van der Waals surface area contributed by atoms with Crippen molar-refractivity contribution >= 4 is 0 Å². The van der Waals surface area contributed by atoms with Crippen LogP contribution in [0.5, 0.6) is 0 Å². The topological polar surface area (TPSA) is 0 Å². The second-order valence-electron chi connectivity index (χ2n) is 0. The molecular formula is SmW6. The number of hydrogen-bond acceptors (Lipinski definition) is 0. The molecule has 0 unspecified atom stereocenters. The SMILES string of the molecule is [Sm].[W].[W].[W].[W].[W].[W]. The Bertz CT molecular complexity index is 4.14. The molecule has 0 aromatic rings. The summed E-state index contributed by atoms with van der Waals surface area (Å²) in [6, 6.07) is 0. The second-order valence-corrected chi connectivity index (χ2v) is 0. The van der Waals surface area contributed by atoms with E-state index in [9.17, 15) is 0 Å². The predicted octanol–water partition coefficient (Wildman–Crippen LogP) is -0.0150. The van der Waals surface area contributed by atoms with Crippen molar-refractivity contribution in [1.29, 1.82) is 0 Å². The zero-order chi connectivity index (χ0) is 0. The fourth-order valence-corrected chi connectivity index (χ4v) is 0. The summed E-state index contributed by atoms with van der Waals surface area (Å²) in [5.41, 5.74) is 0. The fourth-order valence-electron chi connectivity index (χ4n) is 0. The molecule has 0 saturated carbocycles. The van der Waals surface area contributed by atoms with Gasteiger partial charge in [0, 0.05) is 167 Å². The molecule has 0 bridgehead atoms. The van der Waals surface area contributed by atoms with Crippen LogP contribution in [0.15, 0.2) is 0 Å². The third-order valence-electron chi connectivity index (χ3n) is 0. The van der Waals surface area contributed by atoms with Crippen molar-refractivity contribution in [2.45, 2.75) is 0 Å². The van der Waals surface area contributed by atoms with Crippen LogP contribution in [0.2, 0.25) is 0 Å². The Morgan fingerprint density at radius 1 is 0.286 bits per heavy atom. The first-order valence-corrected chi connectivity index (χ1v) is 0. The molecule has 7 heteroatoms. The molecule has 0 radical (unpaired) electrons. The molecule has 0 aliphatic rings. The average molecular weight is 1250 g/mol. The number of rotatable bonds is 0. The normalized spacial score (nSPS) is 0. The second kappa shape index (κ2) is 42.0. The fraction of sp³-hybridized carbons (Fsp3) is 0. The van der Waals surface area contributed by atoms with Gasteiger partial charge in [0.25, 0.3) is 0 Å². The molecule has 7 heavy (non-hydrogen) atoms. The molecule has 0 nitrogen and oxygen atoms in total. The third kappa shape index (κ3) is 34.4. The van der Waals surface area contributed by atoms with Crippen molar-refractivity contribution in [2.75, 3.05) is 0 Å². The van der Waals surface area contributed by atoms with Gasteiger partial charge in [0.2, 0.25) is 0 Å². The van der Waals surface area contributed by atoms with E-state index in [1.54, 1.807) is 0 Å². The van der Waals surface area contributed by atoms with Crippen LogP contribution in [-0.2, 0) is 126 Å². The Labute approximate surface area is 162 Å². The molecule has 0 spiro atoms. The van der Waals surface area contributed by atoms with E-state index in [0.29, 0.717) is 0 Å². The van der Waals surface area contributed by atoms with E-state index in [-0.39, 0.29) is 167 Å². The Hall–Kier alpha value is 5.47. The first-order chi connectivity index (χ1) is 0. The van der Waals surface area contributed by atoms with Gasteiger partial charge >= 0.3 is 0 Å². The monoisotopic (exact) mass is 1260 g/mol. The molecule has 0 aromatic heterocycles. The standard InChI is InChI=1S/Sm.6W. The van der Waals surface area contributed by atoms with Crippen LogP contribution >= 0.6 is 0 Å². The summed E-state index contributed by atoms with van der Waals surface area (Å²) in [6.45, 7) is 0.